The van der Waals surface area contributed by atoms with Gasteiger partial charge in [0.1, 0.15) is 22.8 Å². The molecule has 0 bridgehead atoms. The van der Waals surface area contributed by atoms with Crippen molar-refractivity contribution in [3.63, 3.8) is 0 Å². The van der Waals surface area contributed by atoms with Crippen LogP contribution in [0.1, 0.15) is 44.5 Å². The van der Waals surface area contributed by atoms with Crippen molar-refractivity contribution in [2.75, 3.05) is 63.9 Å². The van der Waals surface area contributed by atoms with E-state index in [1.54, 1.807) is 7.11 Å². The number of methoxy groups -OCH3 is 1. The number of rotatable bonds is 11. The largest absolute Gasteiger partial charge is 0.497 e. The molecule has 5 heterocycles. The summed E-state index contributed by atoms with van der Waals surface area (Å²) in [5, 5.41) is 13.9. The molecule has 2 aliphatic rings. The van der Waals surface area contributed by atoms with Crippen LogP contribution in [0.15, 0.2) is 42.9 Å². The Morgan fingerprint density at radius 2 is 1.80 bits per heavy atom. The summed E-state index contributed by atoms with van der Waals surface area (Å²) >= 11 is 0. The monoisotopic (exact) mass is 613 g/mol. The first-order valence-electron chi connectivity index (χ1n) is 15.7. The summed E-state index contributed by atoms with van der Waals surface area (Å²) < 4.78 is 11.5. The highest BCUT2D eigenvalue weighted by Crippen LogP contribution is 2.33. The van der Waals surface area contributed by atoms with Crippen LogP contribution in [-0.4, -0.2) is 99.0 Å². The molecule has 1 aromatic carbocycles. The molecule has 238 valence electrons. The number of fused-ring (bicyclic) bond motifs is 2. The second-order valence-electron chi connectivity index (χ2n) is 12.3. The van der Waals surface area contributed by atoms with E-state index in [2.05, 4.69) is 39.1 Å². The first-order chi connectivity index (χ1) is 21.9. The molecule has 6 rings (SSSR count). The summed E-state index contributed by atoms with van der Waals surface area (Å²) in [6.45, 7) is 9.88. The van der Waals surface area contributed by atoms with Gasteiger partial charge in [-0.25, -0.2) is 15.0 Å². The molecule has 0 radical (unpaired) electrons. The van der Waals surface area contributed by atoms with Crippen LogP contribution < -0.4 is 19.7 Å². The van der Waals surface area contributed by atoms with E-state index in [4.69, 9.17) is 24.4 Å². The topological polar surface area (TPSA) is 125 Å². The fourth-order valence-electron chi connectivity index (χ4n) is 5.67. The van der Waals surface area contributed by atoms with Crippen molar-refractivity contribution in [2.45, 2.75) is 51.7 Å². The van der Waals surface area contributed by atoms with Crippen molar-refractivity contribution in [1.82, 2.24) is 34.7 Å². The molecule has 3 aromatic heterocycles. The fourth-order valence-corrected chi connectivity index (χ4v) is 5.67. The zero-order valence-electron chi connectivity index (χ0n) is 26.7. The van der Waals surface area contributed by atoms with Crippen molar-refractivity contribution >= 4 is 22.8 Å². The highest BCUT2D eigenvalue weighted by atomic mass is 16.5. The van der Waals surface area contributed by atoms with Gasteiger partial charge in [0.25, 0.3) is 0 Å². The minimum atomic E-state index is -0.566. The number of aliphatic hydroxyl groups is 1. The molecule has 0 unspecified atom stereocenters. The van der Waals surface area contributed by atoms with E-state index in [9.17, 15) is 5.11 Å². The van der Waals surface area contributed by atoms with Crippen LogP contribution >= 0.6 is 0 Å². The lowest BCUT2D eigenvalue weighted by Gasteiger charge is -2.32. The van der Waals surface area contributed by atoms with Crippen LogP contribution in [0.5, 0.6) is 11.5 Å². The number of pyridine rings is 1. The van der Waals surface area contributed by atoms with E-state index < -0.39 is 5.54 Å². The van der Waals surface area contributed by atoms with Gasteiger partial charge in [0, 0.05) is 67.5 Å². The van der Waals surface area contributed by atoms with E-state index in [1.165, 1.54) is 0 Å². The lowest BCUT2D eigenvalue weighted by molar-refractivity contribution is 0.145. The second kappa shape index (κ2) is 13.5. The van der Waals surface area contributed by atoms with E-state index in [0.29, 0.717) is 29.3 Å². The molecular formula is C33H43N9O3. The number of benzene rings is 1. The molecule has 0 amide bonds. The maximum absolute atomic E-state index is 10.4. The Labute approximate surface area is 264 Å². The maximum atomic E-state index is 10.4. The molecule has 12 nitrogen and oxygen atoms in total. The quantitative estimate of drug-likeness (QED) is 0.255. The summed E-state index contributed by atoms with van der Waals surface area (Å²) in [7, 11) is 3.80. The first-order valence-corrected chi connectivity index (χ1v) is 15.7. The minimum absolute atomic E-state index is 0.0359. The van der Waals surface area contributed by atoms with Crippen molar-refractivity contribution in [3.05, 3.63) is 54.2 Å². The van der Waals surface area contributed by atoms with Gasteiger partial charge >= 0.3 is 0 Å². The molecule has 2 aliphatic heterocycles. The molecule has 0 saturated carbocycles. The number of nitrogens with one attached hydrogen (secondary N) is 1. The van der Waals surface area contributed by atoms with Crippen LogP contribution in [-0.2, 0) is 13.1 Å². The van der Waals surface area contributed by atoms with Crippen LogP contribution in [0.2, 0.25) is 0 Å². The highest BCUT2D eigenvalue weighted by molar-refractivity contribution is 5.89. The molecule has 2 N–H and O–H groups in total. The molecule has 12 heteroatoms. The van der Waals surface area contributed by atoms with Crippen LogP contribution in [0.4, 0.5) is 11.8 Å². The van der Waals surface area contributed by atoms with Crippen LogP contribution in [0.3, 0.4) is 0 Å². The summed E-state index contributed by atoms with van der Waals surface area (Å²) in [5.74, 6) is 3.44. The molecule has 1 fully saturated rings. The van der Waals surface area contributed by atoms with Gasteiger partial charge in [0.2, 0.25) is 5.95 Å². The number of hydrogen-bond acceptors (Lipinski definition) is 12. The Morgan fingerprint density at radius 3 is 2.53 bits per heavy atom. The van der Waals surface area contributed by atoms with Crippen molar-refractivity contribution in [3.8, 4) is 22.6 Å². The normalized spacial score (nSPS) is 17.0. The summed E-state index contributed by atoms with van der Waals surface area (Å²) in [6.07, 6.45) is 8.33. The highest BCUT2D eigenvalue weighted by Gasteiger charge is 2.27. The number of aromatic nitrogens is 5. The lowest BCUT2D eigenvalue weighted by atomic mass is 9.96. The number of piperazine rings is 1. The van der Waals surface area contributed by atoms with Gasteiger partial charge in [-0.1, -0.05) is 19.8 Å². The average Bonchev–Trinajstić information content (AvgIpc) is 3.08. The molecular weight excluding hydrogens is 570 g/mol. The Bertz CT molecular complexity index is 1610. The number of hydrogen-bond donors (Lipinski definition) is 2. The number of likely N-dealkylation sites (N-methyl/N-ethyl adjacent to an activating group) is 1. The van der Waals surface area contributed by atoms with Crippen LogP contribution in [0, 0.1) is 0 Å². The predicted molar refractivity (Wildman–Crippen MR) is 174 cm³/mol. The van der Waals surface area contributed by atoms with E-state index in [0.717, 1.165) is 86.0 Å². The Hall–Kier alpha value is -4.13. The Morgan fingerprint density at radius 1 is 1.02 bits per heavy atom. The second-order valence-corrected chi connectivity index (χ2v) is 12.3. The predicted octanol–water partition coefficient (Wildman–Crippen LogP) is 3.95. The third-order valence-electron chi connectivity index (χ3n) is 8.67. The van der Waals surface area contributed by atoms with Gasteiger partial charge in [-0.3, -0.25) is 9.88 Å². The number of unbranched alkanes of at least 4 members (excludes halogenated alkanes) is 1. The van der Waals surface area contributed by atoms with Gasteiger partial charge in [-0.2, -0.15) is 4.98 Å². The first kappa shape index (κ1) is 30.9. The molecule has 4 aromatic rings. The van der Waals surface area contributed by atoms with Gasteiger partial charge in [-0.15, -0.1) is 0 Å². The van der Waals surface area contributed by atoms with E-state index in [1.807, 2.05) is 54.7 Å². The van der Waals surface area contributed by atoms with Crippen molar-refractivity contribution < 1.29 is 14.6 Å². The van der Waals surface area contributed by atoms with E-state index in [-0.39, 0.29) is 13.3 Å². The Balaban J connectivity index is 1.31. The average molecular weight is 614 g/mol. The fraction of sp³-hybridized carbons (Fsp3) is 0.485. The van der Waals surface area contributed by atoms with Crippen LogP contribution in [0.25, 0.3) is 22.2 Å². The Kier molecular flexibility index (Phi) is 9.24. The molecule has 1 atom stereocenters. The number of aliphatic hydroxyl groups excluding tert-OH is 1. The number of anilines is 2. The lowest BCUT2D eigenvalue weighted by Crippen LogP contribution is -2.44. The smallest absolute Gasteiger partial charge is 0.230 e. The van der Waals surface area contributed by atoms with Gasteiger partial charge in [0.15, 0.2) is 12.5 Å². The summed E-state index contributed by atoms with van der Waals surface area (Å²) in [4.78, 5) is 30.8. The summed E-state index contributed by atoms with van der Waals surface area (Å²) in [6, 6.07) is 7.83. The van der Waals surface area contributed by atoms with Crippen molar-refractivity contribution in [2.24, 2.45) is 0 Å². The van der Waals surface area contributed by atoms with Gasteiger partial charge in [-0.05, 0) is 38.6 Å². The van der Waals surface area contributed by atoms with E-state index >= 15 is 0 Å². The number of ether oxygens (including phenoxy) is 2. The molecule has 0 aliphatic carbocycles. The zero-order chi connectivity index (χ0) is 31.4. The van der Waals surface area contributed by atoms with Crippen molar-refractivity contribution in [1.29, 1.82) is 0 Å². The maximum Gasteiger partial charge on any atom is 0.230 e. The number of nitrogens with zero attached hydrogens (tertiary/aromatic N) is 8. The summed E-state index contributed by atoms with van der Waals surface area (Å²) in [5.41, 5.74) is 3.50. The molecule has 1 saturated heterocycles. The third kappa shape index (κ3) is 7.08. The third-order valence-corrected chi connectivity index (χ3v) is 8.67. The van der Waals surface area contributed by atoms with Gasteiger partial charge < -0.3 is 29.7 Å². The SMILES string of the molecule is CCCC[C@](C)(CO)Nc1nc(N2COc3cc(OC)ccc3C2)nc2cc(-c3cnc(CN4CCN(C)CC4)nc3)cnc12. The molecule has 45 heavy (non-hydrogen) atoms. The zero-order valence-corrected chi connectivity index (χ0v) is 26.7. The minimum Gasteiger partial charge on any atom is -0.497 e. The molecule has 0 spiro atoms. The standard InChI is InChI=1S/C33H43N9O3/c1-5-6-9-33(2,21-43)39-31-30-27(37-32(38-31)42-19-23-7-8-26(44-4)15-28(23)45-22-42)14-24(16-36-30)25-17-34-29(35-18-25)20-41-12-10-40(3)11-13-41/h7-8,14-18,43H,5-6,9-13,19-22H2,1-4H3,(H,37,38,39)/t33-/m1/s1. The van der Waals surface area contributed by atoms with Gasteiger partial charge in [0.05, 0.1) is 37.9 Å².